The molecular formula is C8H8F3N5O4. The molecule has 0 saturated carbocycles. The van der Waals surface area contributed by atoms with Gasteiger partial charge in [-0.3, -0.25) is 5.10 Å². The largest absolute Gasteiger partial charge is 0.464 e. The highest BCUT2D eigenvalue weighted by Crippen LogP contribution is 2.26. The van der Waals surface area contributed by atoms with Gasteiger partial charge in [-0.25, -0.2) is 15.0 Å². The number of H-pyrrole nitrogens is 1. The summed E-state index contributed by atoms with van der Waals surface area (Å²) in [6, 6.07) is 0. The number of alkyl halides is 3. The van der Waals surface area contributed by atoms with E-state index in [0.717, 1.165) is 14.2 Å². The normalized spacial score (nSPS) is 10.7. The van der Waals surface area contributed by atoms with Crippen LogP contribution in [0.5, 0.6) is 0 Å². The summed E-state index contributed by atoms with van der Waals surface area (Å²) in [6.45, 7) is 0. The summed E-state index contributed by atoms with van der Waals surface area (Å²) in [4.78, 5) is 25.4. The lowest BCUT2D eigenvalue weighted by Crippen LogP contribution is -2.27. The third-order valence-electron chi connectivity index (χ3n) is 1.78. The zero-order valence-electron chi connectivity index (χ0n) is 10.1. The predicted octanol–water partition coefficient (Wildman–Crippen LogP) is -0.0626. The molecule has 0 amide bonds. The number of rotatable bonds is 4. The molecule has 0 spiro atoms. The lowest BCUT2D eigenvalue weighted by molar-refractivity contribution is -0.144. The second-order valence-corrected chi connectivity index (χ2v) is 3.06. The van der Waals surface area contributed by atoms with Gasteiger partial charge in [-0.05, 0) is 0 Å². The molecule has 0 radical (unpaired) electrons. The second-order valence-electron chi connectivity index (χ2n) is 3.06. The number of aromatic amines is 1. The number of methoxy groups -OCH3 is 2. The molecule has 0 aliphatic heterocycles. The first-order valence-corrected chi connectivity index (χ1v) is 4.79. The summed E-state index contributed by atoms with van der Waals surface area (Å²) in [5, 5.41) is 7.99. The Bertz CT molecular complexity index is 520. The number of halogens is 3. The number of hydrazone groups is 1. The van der Waals surface area contributed by atoms with E-state index >= 15 is 0 Å². The summed E-state index contributed by atoms with van der Waals surface area (Å²) in [5.74, 6) is -4.25. The highest BCUT2D eigenvalue weighted by Gasteiger charge is 2.35. The fourth-order valence-corrected chi connectivity index (χ4v) is 0.912. The van der Waals surface area contributed by atoms with E-state index in [-0.39, 0.29) is 0 Å². The van der Waals surface area contributed by atoms with Gasteiger partial charge in [0.25, 0.3) is 11.7 Å². The van der Waals surface area contributed by atoms with Crippen molar-refractivity contribution in [3.8, 4) is 0 Å². The molecule has 0 saturated heterocycles. The van der Waals surface area contributed by atoms with Crippen LogP contribution in [0.3, 0.4) is 0 Å². The Balaban J connectivity index is 2.90. The van der Waals surface area contributed by atoms with Gasteiger partial charge in [0.15, 0.2) is 0 Å². The van der Waals surface area contributed by atoms with Crippen molar-refractivity contribution in [1.82, 2.24) is 15.2 Å². The summed E-state index contributed by atoms with van der Waals surface area (Å²) in [6.07, 6.45) is -4.72. The van der Waals surface area contributed by atoms with Crippen molar-refractivity contribution in [3.05, 3.63) is 5.82 Å². The predicted molar refractivity (Wildman–Crippen MR) is 56.5 cm³/mol. The summed E-state index contributed by atoms with van der Waals surface area (Å²) >= 11 is 0. The molecule has 1 aromatic heterocycles. The molecule has 1 rings (SSSR count). The van der Waals surface area contributed by atoms with Crippen LogP contribution in [0.25, 0.3) is 0 Å². The fraction of sp³-hybridized carbons (Fsp3) is 0.375. The Hall–Kier alpha value is -2.66. The van der Waals surface area contributed by atoms with Gasteiger partial charge in [-0.15, -0.1) is 5.10 Å². The standard InChI is InChI=1S/C8H8F3N5O4/c1-19-4(17)3(5(18)20-2)13-15-7-12-6(14-16-7)8(9,10)11/h1-2H3,(H2,12,14,15,16). The molecule has 0 aliphatic rings. The Morgan fingerprint density at radius 2 is 1.80 bits per heavy atom. The third kappa shape index (κ3) is 3.66. The van der Waals surface area contributed by atoms with Gasteiger partial charge in [0.1, 0.15) is 0 Å². The van der Waals surface area contributed by atoms with Gasteiger partial charge in [0.05, 0.1) is 14.2 Å². The lowest BCUT2D eigenvalue weighted by atomic mass is 10.4. The number of carbonyl (C=O) groups is 2. The number of hydrogen-bond acceptors (Lipinski definition) is 8. The van der Waals surface area contributed by atoms with Gasteiger partial charge in [-0.1, -0.05) is 0 Å². The molecular weight excluding hydrogens is 287 g/mol. The van der Waals surface area contributed by atoms with Crippen LogP contribution in [0.1, 0.15) is 5.82 Å². The van der Waals surface area contributed by atoms with Crippen molar-refractivity contribution in [2.45, 2.75) is 6.18 Å². The molecule has 0 aromatic carbocycles. The quantitative estimate of drug-likeness (QED) is 0.345. The average Bonchev–Trinajstić information content (AvgIpc) is 2.86. The van der Waals surface area contributed by atoms with Crippen LogP contribution in [0.15, 0.2) is 5.10 Å². The maximum Gasteiger partial charge on any atom is 0.451 e. The fourth-order valence-electron chi connectivity index (χ4n) is 0.912. The SMILES string of the molecule is COC(=O)C(=NNc1n[nH]c(C(F)(F)F)n1)C(=O)OC. The third-order valence-corrected chi connectivity index (χ3v) is 1.78. The molecule has 0 atom stereocenters. The first-order valence-electron chi connectivity index (χ1n) is 4.79. The van der Waals surface area contributed by atoms with Crippen molar-refractivity contribution in [2.24, 2.45) is 5.10 Å². The molecule has 0 bridgehead atoms. The number of aromatic nitrogens is 3. The molecule has 0 unspecified atom stereocenters. The van der Waals surface area contributed by atoms with Gasteiger partial charge in [-0.2, -0.15) is 23.3 Å². The van der Waals surface area contributed by atoms with E-state index in [1.54, 1.807) is 5.10 Å². The van der Waals surface area contributed by atoms with E-state index < -0.39 is 35.6 Å². The van der Waals surface area contributed by atoms with Crippen LogP contribution in [0.4, 0.5) is 19.1 Å². The maximum absolute atomic E-state index is 12.2. The van der Waals surface area contributed by atoms with Crippen LogP contribution >= 0.6 is 0 Å². The lowest BCUT2D eigenvalue weighted by Gasteiger charge is -2.01. The number of esters is 2. The van der Waals surface area contributed by atoms with E-state index in [1.807, 2.05) is 5.43 Å². The van der Waals surface area contributed by atoms with Crippen molar-refractivity contribution < 1.29 is 32.2 Å². The van der Waals surface area contributed by atoms with Crippen LogP contribution in [-0.4, -0.2) is 47.1 Å². The van der Waals surface area contributed by atoms with Crippen LogP contribution < -0.4 is 5.43 Å². The molecule has 9 nitrogen and oxygen atoms in total. The maximum atomic E-state index is 12.2. The molecule has 2 N–H and O–H groups in total. The van der Waals surface area contributed by atoms with Crippen molar-refractivity contribution in [3.63, 3.8) is 0 Å². The minimum Gasteiger partial charge on any atom is -0.464 e. The zero-order chi connectivity index (χ0) is 15.3. The number of anilines is 1. The minimum absolute atomic E-state index is 0.595. The molecule has 20 heavy (non-hydrogen) atoms. The van der Waals surface area contributed by atoms with E-state index in [0.29, 0.717) is 0 Å². The number of nitrogens with zero attached hydrogens (tertiary/aromatic N) is 3. The van der Waals surface area contributed by atoms with Gasteiger partial charge < -0.3 is 9.47 Å². The topological polar surface area (TPSA) is 119 Å². The molecule has 1 heterocycles. The highest BCUT2D eigenvalue weighted by molar-refractivity contribution is 6.62. The number of nitrogens with one attached hydrogen (secondary N) is 2. The number of hydrogen-bond donors (Lipinski definition) is 2. The van der Waals surface area contributed by atoms with Crippen molar-refractivity contribution in [1.29, 1.82) is 0 Å². The smallest absolute Gasteiger partial charge is 0.451 e. The van der Waals surface area contributed by atoms with Crippen molar-refractivity contribution in [2.75, 3.05) is 19.6 Å². The molecule has 0 fully saturated rings. The van der Waals surface area contributed by atoms with Crippen molar-refractivity contribution >= 4 is 23.6 Å². The first-order chi connectivity index (χ1) is 9.29. The van der Waals surface area contributed by atoms with Gasteiger partial charge in [0.2, 0.25) is 5.82 Å². The molecule has 1 aromatic rings. The molecule has 0 aliphatic carbocycles. The average molecular weight is 295 g/mol. The Morgan fingerprint density at radius 1 is 1.25 bits per heavy atom. The van der Waals surface area contributed by atoms with Crippen LogP contribution in [0.2, 0.25) is 0 Å². The molecule has 110 valence electrons. The van der Waals surface area contributed by atoms with E-state index in [4.69, 9.17) is 0 Å². The number of ether oxygens (including phenoxy) is 2. The Kier molecular flexibility index (Phi) is 4.61. The Labute approximate surface area is 109 Å². The zero-order valence-corrected chi connectivity index (χ0v) is 10.1. The first kappa shape index (κ1) is 15.4. The van der Waals surface area contributed by atoms with E-state index in [1.165, 1.54) is 0 Å². The van der Waals surface area contributed by atoms with Gasteiger partial charge >= 0.3 is 18.1 Å². The minimum atomic E-state index is -4.72. The second kappa shape index (κ2) is 5.99. The molecule has 12 heteroatoms. The number of carbonyl (C=O) groups excluding carboxylic acids is 2. The van der Waals surface area contributed by atoms with Crippen LogP contribution in [0, 0.1) is 0 Å². The van der Waals surface area contributed by atoms with Gasteiger partial charge in [0, 0.05) is 0 Å². The highest BCUT2D eigenvalue weighted by atomic mass is 19.4. The van der Waals surface area contributed by atoms with E-state index in [2.05, 4.69) is 24.7 Å². The van der Waals surface area contributed by atoms with E-state index in [9.17, 15) is 22.8 Å². The Morgan fingerprint density at radius 3 is 2.20 bits per heavy atom. The summed E-state index contributed by atoms with van der Waals surface area (Å²) in [7, 11) is 1.96. The summed E-state index contributed by atoms with van der Waals surface area (Å²) in [5.41, 5.74) is 1.09. The monoisotopic (exact) mass is 295 g/mol. The summed E-state index contributed by atoms with van der Waals surface area (Å²) < 4.78 is 45.1. The van der Waals surface area contributed by atoms with Crippen LogP contribution in [-0.2, 0) is 25.2 Å².